The summed E-state index contributed by atoms with van der Waals surface area (Å²) in [7, 11) is 3.25. The molecule has 5 heteroatoms. The average Bonchev–Trinajstić information content (AvgIpc) is 2.28. The molecular weight excluding hydrogens is 208 g/mol. The van der Waals surface area contributed by atoms with E-state index < -0.39 is 0 Å². The highest BCUT2D eigenvalue weighted by Gasteiger charge is 2.12. The number of carbonyl (C=O) groups is 1. The van der Waals surface area contributed by atoms with E-state index in [4.69, 9.17) is 10.5 Å². The Kier molecular flexibility index (Phi) is 4.13. The lowest BCUT2D eigenvalue weighted by Gasteiger charge is -2.16. The molecule has 0 atom stereocenters. The van der Waals surface area contributed by atoms with Gasteiger partial charge in [0.1, 0.15) is 5.75 Å². The Morgan fingerprint density at radius 3 is 2.81 bits per heavy atom. The maximum absolute atomic E-state index is 11.8. The first kappa shape index (κ1) is 12.3. The van der Waals surface area contributed by atoms with Gasteiger partial charge in [-0.15, -0.1) is 0 Å². The number of nitrogen functional groups attached to an aromatic ring is 1. The van der Waals surface area contributed by atoms with E-state index in [-0.39, 0.29) is 17.3 Å². The van der Waals surface area contributed by atoms with Gasteiger partial charge in [-0.3, -0.25) is 4.79 Å². The van der Waals surface area contributed by atoms with E-state index >= 15 is 0 Å². The highest BCUT2D eigenvalue weighted by molar-refractivity contribution is 5.95. The molecule has 5 nitrogen and oxygen atoms in total. The summed E-state index contributed by atoms with van der Waals surface area (Å²) in [6, 6.07) is 4.45. The average molecular weight is 224 g/mol. The Labute approximate surface area is 94.4 Å². The summed E-state index contributed by atoms with van der Waals surface area (Å²) < 4.78 is 4.88. The van der Waals surface area contributed by atoms with Crippen LogP contribution in [-0.2, 0) is 4.74 Å². The number of phenolic OH excluding ortho intramolecular Hbond substituents is 1. The summed E-state index contributed by atoms with van der Waals surface area (Å²) >= 11 is 0. The third-order valence-corrected chi connectivity index (χ3v) is 2.25. The lowest BCUT2D eigenvalue weighted by molar-refractivity contribution is 0.0744. The van der Waals surface area contributed by atoms with E-state index in [1.165, 1.54) is 17.0 Å². The number of carbonyl (C=O) groups excluding carboxylic acids is 1. The van der Waals surface area contributed by atoms with Crippen molar-refractivity contribution in [1.82, 2.24) is 4.90 Å². The fourth-order valence-electron chi connectivity index (χ4n) is 1.23. The minimum absolute atomic E-state index is 0.0778. The molecule has 0 radical (unpaired) electrons. The number of phenols is 1. The molecule has 3 N–H and O–H groups in total. The van der Waals surface area contributed by atoms with Crippen molar-refractivity contribution in [2.45, 2.75) is 0 Å². The van der Waals surface area contributed by atoms with Gasteiger partial charge in [0, 0.05) is 26.3 Å². The molecule has 0 fully saturated rings. The van der Waals surface area contributed by atoms with Crippen LogP contribution in [0.4, 0.5) is 5.69 Å². The van der Waals surface area contributed by atoms with Crippen LogP contribution in [0.25, 0.3) is 0 Å². The van der Waals surface area contributed by atoms with Crippen LogP contribution in [0.15, 0.2) is 18.2 Å². The molecule has 0 heterocycles. The van der Waals surface area contributed by atoms with Crippen molar-refractivity contribution in [3.63, 3.8) is 0 Å². The van der Waals surface area contributed by atoms with Gasteiger partial charge in [0.05, 0.1) is 12.3 Å². The largest absolute Gasteiger partial charge is 0.506 e. The van der Waals surface area contributed by atoms with Crippen LogP contribution in [0.1, 0.15) is 10.4 Å². The van der Waals surface area contributed by atoms with Gasteiger partial charge in [0.2, 0.25) is 0 Å². The Morgan fingerprint density at radius 1 is 1.56 bits per heavy atom. The molecule has 0 saturated carbocycles. The first-order chi connectivity index (χ1) is 7.56. The number of amides is 1. The zero-order valence-corrected chi connectivity index (χ0v) is 9.43. The Balaban J connectivity index is 2.76. The third kappa shape index (κ3) is 2.87. The molecule has 16 heavy (non-hydrogen) atoms. The topological polar surface area (TPSA) is 75.8 Å². The molecule has 88 valence electrons. The number of methoxy groups -OCH3 is 1. The molecule has 0 bridgehead atoms. The van der Waals surface area contributed by atoms with Gasteiger partial charge >= 0.3 is 0 Å². The first-order valence-electron chi connectivity index (χ1n) is 4.89. The molecule has 0 aliphatic rings. The summed E-state index contributed by atoms with van der Waals surface area (Å²) in [6.07, 6.45) is 0. The predicted molar refractivity (Wildman–Crippen MR) is 61.4 cm³/mol. The number of anilines is 1. The Morgan fingerprint density at radius 2 is 2.25 bits per heavy atom. The van der Waals surface area contributed by atoms with Gasteiger partial charge in [0.15, 0.2) is 0 Å². The maximum atomic E-state index is 11.8. The first-order valence-corrected chi connectivity index (χ1v) is 4.89. The molecule has 0 spiro atoms. The molecule has 0 unspecified atom stereocenters. The fraction of sp³-hybridized carbons (Fsp3) is 0.364. The van der Waals surface area contributed by atoms with E-state index in [0.29, 0.717) is 18.7 Å². The van der Waals surface area contributed by atoms with Crippen LogP contribution in [0.5, 0.6) is 5.75 Å². The number of benzene rings is 1. The van der Waals surface area contributed by atoms with Crippen molar-refractivity contribution in [3.05, 3.63) is 23.8 Å². The van der Waals surface area contributed by atoms with Gasteiger partial charge in [-0.05, 0) is 18.2 Å². The van der Waals surface area contributed by atoms with Crippen molar-refractivity contribution in [3.8, 4) is 5.75 Å². The van der Waals surface area contributed by atoms with Crippen molar-refractivity contribution < 1.29 is 14.6 Å². The predicted octanol–water partition coefficient (Wildman–Crippen LogP) is 0.693. The number of nitrogens with zero attached hydrogens (tertiary/aromatic N) is 1. The van der Waals surface area contributed by atoms with Crippen molar-refractivity contribution in [2.24, 2.45) is 0 Å². The van der Waals surface area contributed by atoms with E-state index in [1.807, 2.05) is 0 Å². The smallest absolute Gasteiger partial charge is 0.253 e. The molecule has 0 aliphatic heterocycles. The van der Waals surface area contributed by atoms with Crippen molar-refractivity contribution >= 4 is 11.6 Å². The summed E-state index contributed by atoms with van der Waals surface area (Å²) in [5.74, 6) is -0.252. The molecule has 0 aliphatic carbocycles. The quantitative estimate of drug-likeness (QED) is 0.583. The summed E-state index contributed by atoms with van der Waals surface area (Å²) in [5.41, 5.74) is 6.12. The third-order valence-electron chi connectivity index (χ3n) is 2.25. The normalized spacial score (nSPS) is 10.1. The monoisotopic (exact) mass is 224 g/mol. The lowest BCUT2D eigenvalue weighted by Crippen LogP contribution is -2.29. The number of ether oxygens (including phenoxy) is 1. The Bertz CT molecular complexity index is 379. The molecule has 0 aromatic heterocycles. The minimum Gasteiger partial charge on any atom is -0.506 e. The summed E-state index contributed by atoms with van der Waals surface area (Å²) in [6.45, 7) is 0.976. The SMILES string of the molecule is COCCN(C)C(=O)c1ccc(N)c(O)c1. The molecule has 1 amide bonds. The van der Waals surface area contributed by atoms with E-state index in [9.17, 15) is 9.90 Å². The second-order valence-electron chi connectivity index (χ2n) is 3.49. The maximum Gasteiger partial charge on any atom is 0.253 e. The number of aromatic hydroxyl groups is 1. The lowest BCUT2D eigenvalue weighted by atomic mass is 10.1. The summed E-state index contributed by atoms with van der Waals surface area (Å²) in [4.78, 5) is 13.4. The van der Waals surface area contributed by atoms with Crippen molar-refractivity contribution in [2.75, 3.05) is 33.0 Å². The number of hydrogen-bond acceptors (Lipinski definition) is 4. The zero-order valence-electron chi connectivity index (χ0n) is 9.43. The Hall–Kier alpha value is -1.75. The van der Waals surface area contributed by atoms with Gasteiger partial charge < -0.3 is 20.5 Å². The van der Waals surface area contributed by atoms with E-state index in [0.717, 1.165) is 0 Å². The van der Waals surface area contributed by atoms with Gasteiger partial charge in [-0.1, -0.05) is 0 Å². The number of likely N-dealkylation sites (N-methyl/N-ethyl adjacent to an activating group) is 1. The molecule has 1 aromatic rings. The van der Waals surface area contributed by atoms with Gasteiger partial charge in [0.25, 0.3) is 5.91 Å². The second kappa shape index (κ2) is 5.37. The highest BCUT2D eigenvalue weighted by Crippen LogP contribution is 2.21. The van der Waals surface area contributed by atoms with Gasteiger partial charge in [-0.25, -0.2) is 0 Å². The van der Waals surface area contributed by atoms with E-state index in [1.54, 1.807) is 20.2 Å². The van der Waals surface area contributed by atoms with Crippen LogP contribution < -0.4 is 5.73 Å². The van der Waals surface area contributed by atoms with Crippen LogP contribution in [0.2, 0.25) is 0 Å². The van der Waals surface area contributed by atoms with Crippen LogP contribution in [-0.4, -0.2) is 43.2 Å². The standard InChI is InChI=1S/C11H16N2O3/c1-13(5-6-16-2)11(15)8-3-4-9(12)10(14)7-8/h3-4,7,14H,5-6,12H2,1-2H3. The zero-order chi connectivity index (χ0) is 12.1. The molecule has 1 rings (SSSR count). The van der Waals surface area contributed by atoms with Crippen LogP contribution in [0, 0.1) is 0 Å². The number of rotatable bonds is 4. The van der Waals surface area contributed by atoms with Crippen LogP contribution >= 0.6 is 0 Å². The summed E-state index contributed by atoms with van der Waals surface area (Å²) in [5, 5.41) is 9.39. The van der Waals surface area contributed by atoms with Crippen LogP contribution in [0.3, 0.4) is 0 Å². The minimum atomic E-state index is -0.174. The fourth-order valence-corrected chi connectivity index (χ4v) is 1.23. The highest BCUT2D eigenvalue weighted by atomic mass is 16.5. The van der Waals surface area contributed by atoms with Crippen molar-refractivity contribution in [1.29, 1.82) is 0 Å². The molecular formula is C11H16N2O3. The molecule has 0 saturated heterocycles. The second-order valence-corrected chi connectivity index (χ2v) is 3.49. The van der Waals surface area contributed by atoms with Gasteiger partial charge in [-0.2, -0.15) is 0 Å². The molecule has 1 aromatic carbocycles. The number of nitrogens with two attached hydrogens (primary N) is 1. The van der Waals surface area contributed by atoms with E-state index in [2.05, 4.69) is 0 Å². The number of hydrogen-bond donors (Lipinski definition) is 2.